The minimum absolute atomic E-state index is 0.667. The quantitative estimate of drug-likeness (QED) is 0.549. The Kier molecular flexibility index (Phi) is 1.57. The molecule has 0 saturated carbocycles. The fraction of sp³-hybridized carbons (Fsp3) is 0.400. The third-order valence-electron chi connectivity index (χ3n) is 2.26. The maximum atomic E-state index is 5.49. The van der Waals surface area contributed by atoms with Gasteiger partial charge in [-0.05, 0) is 24.0 Å². The average Bonchev–Trinajstić information content (AvgIpc) is 2.06. The van der Waals surface area contributed by atoms with Crippen molar-refractivity contribution in [2.45, 2.75) is 19.3 Å². The fourth-order valence-corrected chi connectivity index (χ4v) is 1.52. The van der Waals surface area contributed by atoms with Crippen molar-refractivity contribution < 1.29 is 4.74 Å². The molecule has 0 spiro atoms. The molecule has 0 fully saturated rings. The van der Waals surface area contributed by atoms with Gasteiger partial charge in [0.2, 0.25) is 0 Å². The molecule has 1 aliphatic heterocycles. The summed E-state index contributed by atoms with van der Waals surface area (Å²) in [6.07, 6.45) is 1.15. The highest BCUT2D eigenvalue weighted by molar-refractivity contribution is 5.37. The Morgan fingerprint density at radius 2 is 2.18 bits per heavy atom. The van der Waals surface area contributed by atoms with Crippen LogP contribution in [0.15, 0.2) is 24.3 Å². The summed E-state index contributed by atoms with van der Waals surface area (Å²) >= 11 is 0. The van der Waals surface area contributed by atoms with Crippen LogP contribution in [0.2, 0.25) is 0 Å². The molecule has 1 atom stereocenters. The second kappa shape index (κ2) is 2.57. The summed E-state index contributed by atoms with van der Waals surface area (Å²) in [7, 11) is 0. The number of hydrogen-bond donors (Lipinski definition) is 0. The van der Waals surface area contributed by atoms with E-state index in [1.165, 1.54) is 5.56 Å². The van der Waals surface area contributed by atoms with Crippen molar-refractivity contribution in [3.8, 4) is 5.75 Å². The van der Waals surface area contributed by atoms with E-state index < -0.39 is 0 Å². The molecular formula is C10H12O. The number of para-hydroxylation sites is 1. The van der Waals surface area contributed by atoms with Crippen LogP contribution in [0.3, 0.4) is 0 Å². The van der Waals surface area contributed by atoms with Crippen LogP contribution in [0, 0.1) is 0 Å². The standard InChI is InChI=1S/C10H12O/c1-8-6-7-11-10-5-3-2-4-9(8)10/h2-5,8H,6-7H2,1H3/t8-/m0/s1. The predicted octanol–water partition coefficient (Wildman–Crippen LogP) is 2.57. The molecule has 0 aliphatic carbocycles. The van der Waals surface area contributed by atoms with Crippen molar-refractivity contribution in [1.29, 1.82) is 0 Å². The van der Waals surface area contributed by atoms with Gasteiger partial charge in [0.05, 0.1) is 6.61 Å². The van der Waals surface area contributed by atoms with Crippen LogP contribution in [0.1, 0.15) is 24.8 Å². The summed E-state index contributed by atoms with van der Waals surface area (Å²) in [5.41, 5.74) is 1.36. The number of fused-ring (bicyclic) bond motifs is 1. The van der Waals surface area contributed by atoms with E-state index in [0.717, 1.165) is 18.8 Å². The molecule has 0 N–H and O–H groups in total. The molecule has 58 valence electrons. The lowest BCUT2D eigenvalue weighted by Crippen LogP contribution is -2.11. The van der Waals surface area contributed by atoms with E-state index in [4.69, 9.17) is 4.74 Å². The largest absolute Gasteiger partial charge is 0.493 e. The van der Waals surface area contributed by atoms with Crippen molar-refractivity contribution in [2.75, 3.05) is 6.61 Å². The molecule has 0 aromatic heterocycles. The predicted molar refractivity (Wildman–Crippen MR) is 45.0 cm³/mol. The average molecular weight is 148 g/mol. The van der Waals surface area contributed by atoms with Crippen molar-refractivity contribution in [1.82, 2.24) is 0 Å². The second-order valence-electron chi connectivity index (χ2n) is 3.08. The van der Waals surface area contributed by atoms with Gasteiger partial charge >= 0.3 is 0 Å². The summed E-state index contributed by atoms with van der Waals surface area (Å²) in [4.78, 5) is 0. The normalized spacial score (nSPS) is 22.1. The molecule has 0 unspecified atom stereocenters. The number of ether oxygens (including phenoxy) is 1. The fourth-order valence-electron chi connectivity index (χ4n) is 1.52. The van der Waals surface area contributed by atoms with Crippen molar-refractivity contribution >= 4 is 0 Å². The molecule has 0 bridgehead atoms. The zero-order chi connectivity index (χ0) is 7.68. The number of benzene rings is 1. The summed E-state index contributed by atoms with van der Waals surface area (Å²) < 4.78 is 5.49. The number of rotatable bonds is 0. The lowest BCUT2D eigenvalue weighted by atomic mass is 9.95. The van der Waals surface area contributed by atoms with Gasteiger partial charge in [-0.3, -0.25) is 0 Å². The Bertz CT molecular complexity index is 255. The molecule has 1 aromatic rings. The third-order valence-corrected chi connectivity index (χ3v) is 2.26. The highest BCUT2D eigenvalue weighted by Crippen LogP contribution is 2.32. The Balaban J connectivity index is 2.44. The minimum atomic E-state index is 0.667. The maximum Gasteiger partial charge on any atom is 0.122 e. The van der Waals surface area contributed by atoms with Crippen LogP contribution in [0.4, 0.5) is 0 Å². The van der Waals surface area contributed by atoms with Crippen LogP contribution >= 0.6 is 0 Å². The van der Waals surface area contributed by atoms with E-state index in [0.29, 0.717) is 5.92 Å². The molecule has 0 amide bonds. The number of hydrogen-bond acceptors (Lipinski definition) is 1. The molecule has 2 rings (SSSR count). The van der Waals surface area contributed by atoms with Crippen molar-refractivity contribution in [2.24, 2.45) is 0 Å². The molecule has 1 aromatic carbocycles. The maximum absolute atomic E-state index is 5.49. The van der Waals surface area contributed by atoms with E-state index in [2.05, 4.69) is 19.1 Å². The van der Waals surface area contributed by atoms with Crippen LogP contribution in [0.25, 0.3) is 0 Å². The molecular weight excluding hydrogens is 136 g/mol. The molecule has 0 saturated heterocycles. The summed E-state index contributed by atoms with van der Waals surface area (Å²) in [6, 6.07) is 8.30. The first-order valence-corrected chi connectivity index (χ1v) is 4.09. The van der Waals surface area contributed by atoms with Crippen LogP contribution < -0.4 is 4.74 Å². The second-order valence-corrected chi connectivity index (χ2v) is 3.08. The molecule has 1 heterocycles. The third kappa shape index (κ3) is 1.11. The zero-order valence-electron chi connectivity index (χ0n) is 6.71. The van der Waals surface area contributed by atoms with Gasteiger partial charge in [0, 0.05) is 0 Å². The Morgan fingerprint density at radius 3 is 3.00 bits per heavy atom. The van der Waals surface area contributed by atoms with Gasteiger partial charge in [-0.2, -0.15) is 0 Å². The van der Waals surface area contributed by atoms with Gasteiger partial charge in [-0.15, -0.1) is 0 Å². The summed E-state index contributed by atoms with van der Waals surface area (Å²) in [5, 5.41) is 0. The van der Waals surface area contributed by atoms with Crippen LogP contribution in [-0.2, 0) is 0 Å². The van der Waals surface area contributed by atoms with Gasteiger partial charge in [0.25, 0.3) is 0 Å². The van der Waals surface area contributed by atoms with Gasteiger partial charge < -0.3 is 4.74 Å². The lowest BCUT2D eigenvalue weighted by molar-refractivity contribution is 0.272. The van der Waals surface area contributed by atoms with E-state index in [1.54, 1.807) is 0 Å². The first-order chi connectivity index (χ1) is 5.38. The molecule has 0 radical (unpaired) electrons. The molecule has 11 heavy (non-hydrogen) atoms. The Hall–Kier alpha value is -0.980. The topological polar surface area (TPSA) is 9.23 Å². The van der Waals surface area contributed by atoms with Crippen molar-refractivity contribution in [3.05, 3.63) is 29.8 Å². The van der Waals surface area contributed by atoms with Gasteiger partial charge in [-0.25, -0.2) is 0 Å². The van der Waals surface area contributed by atoms with Gasteiger partial charge in [-0.1, -0.05) is 25.1 Å². The monoisotopic (exact) mass is 148 g/mol. The van der Waals surface area contributed by atoms with E-state index >= 15 is 0 Å². The molecule has 1 heteroatoms. The van der Waals surface area contributed by atoms with Crippen LogP contribution in [-0.4, -0.2) is 6.61 Å². The minimum Gasteiger partial charge on any atom is -0.493 e. The molecule has 1 nitrogen and oxygen atoms in total. The van der Waals surface area contributed by atoms with E-state index in [1.807, 2.05) is 12.1 Å². The highest BCUT2D eigenvalue weighted by Gasteiger charge is 2.15. The van der Waals surface area contributed by atoms with E-state index in [9.17, 15) is 0 Å². The van der Waals surface area contributed by atoms with Gasteiger partial charge in [0.1, 0.15) is 5.75 Å². The highest BCUT2D eigenvalue weighted by atomic mass is 16.5. The smallest absolute Gasteiger partial charge is 0.122 e. The van der Waals surface area contributed by atoms with E-state index in [-0.39, 0.29) is 0 Å². The summed E-state index contributed by atoms with van der Waals surface area (Å²) in [5.74, 6) is 1.74. The first-order valence-electron chi connectivity index (χ1n) is 4.09. The van der Waals surface area contributed by atoms with Gasteiger partial charge in [0.15, 0.2) is 0 Å². The molecule has 1 aliphatic rings. The summed E-state index contributed by atoms with van der Waals surface area (Å²) in [6.45, 7) is 3.12. The first kappa shape index (κ1) is 6.71. The van der Waals surface area contributed by atoms with Crippen molar-refractivity contribution in [3.63, 3.8) is 0 Å². The lowest BCUT2D eigenvalue weighted by Gasteiger charge is -2.22. The SMILES string of the molecule is C[C@H]1CCOc2ccccc21. The Morgan fingerprint density at radius 1 is 1.36 bits per heavy atom. The van der Waals surface area contributed by atoms with Crippen LogP contribution in [0.5, 0.6) is 5.75 Å². The Labute approximate surface area is 67.0 Å². The zero-order valence-corrected chi connectivity index (χ0v) is 6.71.